The minimum atomic E-state index is -1.97. The Morgan fingerprint density at radius 3 is 2.79 bits per heavy atom. The highest BCUT2D eigenvalue weighted by molar-refractivity contribution is 6.37. The highest BCUT2D eigenvalue weighted by Gasteiger charge is 2.46. The van der Waals surface area contributed by atoms with E-state index in [9.17, 15) is 23.9 Å². The monoisotopic (exact) mass is 520 g/mol. The SMILES string of the molecule is CC[C@@]1(O)C(=O)OCc2c1cc1n(c2=O)Cc2c-1nc1cc(F)c(C)c3c1c2[C@@H](NC(=O)/C(C)=N\O)CC3. The van der Waals surface area contributed by atoms with Gasteiger partial charge in [-0.1, -0.05) is 12.1 Å². The number of carbonyl (C=O) groups is 2. The third kappa shape index (κ3) is 3.11. The van der Waals surface area contributed by atoms with Crippen molar-refractivity contribution in [1.82, 2.24) is 14.9 Å². The zero-order valence-corrected chi connectivity index (χ0v) is 21.0. The van der Waals surface area contributed by atoms with Crippen LogP contribution >= 0.6 is 0 Å². The fourth-order valence-corrected chi connectivity index (χ4v) is 6.01. The van der Waals surface area contributed by atoms with E-state index in [1.165, 1.54) is 17.6 Å². The molecule has 0 unspecified atom stereocenters. The Labute approximate surface area is 215 Å². The first-order valence-electron chi connectivity index (χ1n) is 12.4. The molecule has 3 aromatic rings. The number of aliphatic hydroxyl groups is 1. The van der Waals surface area contributed by atoms with E-state index in [0.717, 1.165) is 16.5 Å². The van der Waals surface area contributed by atoms with Crippen LogP contribution in [-0.2, 0) is 39.5 Å². The zero-order chi connectivity index (χ0) is 27.1. The number of hydrogen-bond acceptors (Lipinski definition) is 8. The second-order valence-electron chi connectivity index (χ2n) is 10.1. The molecule has 2 aliphatic heterocycles. The standard InChI is InChI=1S/C27H25FN4O6/c1-4-27(36)16-7-20-23-14(9-32(20)25(34)15(16)10-38-26(27)35)22-18(30-24(33)12(3)31-37)6-5-13-11(2)17(28)8-19(29-23)21(13)22/h7-8,18,36-37H,4-6,9-10H2,1-3H3,(H,30,33)/b31-12-/t18-,27-/m0/s1. The molecule has 0 bridgehead atoms. The number of aryl methyl sites for hydroxylation is 1. The summed E-state index contributed by atoms with van der Waals surface area (Å²) in [6.45, 7) is 4.61. The topological polar surface area (TPSA) is 143 Å². The van der Waals surface area contributed by atoms with Crippen LogP contribution in [-0.4, -0.2) is 37.5 Å². The van der Waals surface area contributed by atoms with Gasteiger partial charge in [0, 0.05) is 22.6 Å². The molecule has 10 nitrogen and oxygen atoms in total. The van der Waals surface area contributed by atoms with Crippen molar-refractivity contribution in [2.24, 2.45) is 5.16 Å². The highest BCUT2D eigenvalue weighted by Crippen LogP contribution is 2.45. The van der Waals surface area contributed by atoms with Crippen molar-refractivity contribution >= 4 is 28.5 Å². The molecule has 2 aromatic heterocycles. The summed E-state index contributed by atoms with van der Waals surface area (Å²) >= 11 is 0. The number of halogens is 1. The van der Waals surface area contributed by atoms with Crippen LogP contribution in [0.25, 0.3) is 22.3 Å². The van der Waals surface area contributed by atoms with Gasteiger partial charge in [0.2, 0.25) is 0 Å². The van der Waals surface area contributed by atoms with Gasteiger partial charge in [-0.15, -0.1) is 0 Å². The molecule has 0 fully saturated rings. The number of carbonyl (C=O) groups excluding carboxylic acids is 2. The Hall–Kier alpha value is -4.12. The predicted molar refractivity (Wildman–Crippen MR) is 133 cm³/mol. The Balaban J connectivity index is 1.64. The zero-order valence-electron chi connectivity index (χ0n) is 21.0. The third-order valence-electron chi connectivity index (χ3n) is 8.16. The molecule has 1 aromatic carbocycles. The lowest BCUT2D eigenvalue weighted by Crippen LogP contribution is -2.44. The van der Waals surface area contributed by atoms with Gasteiger partial charge in [-0.2, -0.15) is 0 Å². The molecule has 11 heteroatoms. The summed E-state index contributed by atoms with van der Waals surface area (Å²) in [6.07, 6.45) is 0.976. The number of oxime groups is 1. The van der Waals surface area contributed by atoms with Crippen LogP contribution in [0.15, 0.2) is 22.1 Å². The normalized spacial score (nSPS) is 21.6. The molecule has 3 aliphatic rings. The number of ether oxygens (including phenoxy) is 1. The van der Waals surface area contributed by atoms with Gasteiger partial charge >= 0.3 is 5.97 Å². The molecule has 1 amide bonds. The number of nitrogens with one attached hydrogen (secondary N) is 1. The lowest BCUT2D eigenvalue weighted by Gasteiger charge is -2.31. The summed E-state index contributed by atoms with van der Waals surface area (Å²) in [4.78, 5) is 43.5. The van der Waals surface area contributed by atoms with Gasteiger partial charge in [0.15, 0.2) is 5.60 Å². The van der Waals surface area contributed by atoms with Crippen molar-refractivity contribution in [2.75, 3.05) is 0 Å². The first-order chi connectivity index (χ1) is 18.1. The molecule has 4 heterocycles. The van der Waals surface area contributed by atoms with E-state index in [0.29, 0.717) is 40.9 Å². The van der Waals surface area contributed by atoms with E-state index >= 15 is 0 Å². The van der Waals surface area contributed by atoms with E-state index < -0.39 is 34.9 Å². The number of amides is 1. The Kier molecular flexibility index (Phi) is 5.22. The first-order valence-corrected chi connectivity index (χ1v) is 12.4. The van der Waals surface area contributed by atoms with Gasteiger partial charge in [-0.25, -0.2) is 14.2 Å². The van der Waals surface area contributed by atoms with E-state index in [-0.39, 0.29) is 36.4 Å². The number of pyridine rings is 2. The number of fused-ring (bicyclic) bond motifs is 5. The van der Waals surface area contributed by atoms with Crippen LogP contribution in [0.5, 0.6) is 0 Å². The van der Waals surface area contributed by atoms with Crippen LogP contribution in [0.4, 0.5) is 4.39 Å². The summed E-state index contributed by atoms with van der Waals surface area (Å²) in [6, 6.07) is 2.44. The minimum absolute atomic E-state index is 0.0126. The maximum atomic E-state index is 14.9. The molecule has 196 valence electrons. The number of benzene rings is 1. The second kappa shape index (κ2) is 8.19. The molecular formula is C27H25FN4O6. The Morgan fingerprint density at radius 2 is 2.08 bits per heavy atom. The van der Waals surface area contributed by atoms with E-state index in [1.54, 1.807) is 19.9 Å². The van der Waals surface area contributed by atoms with Gasteiger partial charge in [-0.3, -0.25) is 9.59 Å². The average molecular weight is 521 g/mol. The van der Waals surface area contributed by atoms with E-state index in [4.69, 9.17) is 14.9 Å². The molecule has 0 saturated carbocycles. The summed E-state index contributed by atoms with van der Waals surface area (Å²) in [7, 11) is 0. The van der Waals surface area contributed by atoms with Gasteiger partial charge in [0.1, 0.15) is 18.1 Å². The van der Waals surface area contributed by atoms with Crippen LogP contribution in [0.1, 0.15) is 66.1 Å². The van der Waals surface area contributed by atoms with Crippen molar-refractivity contribution in [2.45, 2.75) is 64.8 Å². The number of nitrogens with zero attached hydrogens (tertiary/aromatic N) is 3. The molecule has 0 radical (unpaired) electrons. The van der Waals surface area contributed by atoms with Crippen molar-refractivity contribution in [3.8, 4) is 11.4 Å². The third-order valence-corrected chi connectivity index (χ3v) is 8.16. The van der Waals surface area contributed by atoms with Crippen molar-refractivity contribution < 1.29 is 29.0 Å². The molecule has 6 rings (SSSR count). The van der Waals surface area contributed by atoms with Crippen LogP contribution in [0, 0.1) is 12.7 Å². The fourth-order valence-electron chi connectivity index (χ4n) is 6.01. The van der Waals surface area contributed by atoms with E-state index in [1.807, 2.05) is 0 Å². The van der Waals surface area contributed by atoms with Crippen molar-refractivity contribution in [3.63, 3.8) is 0 Å². The Bertz CT molecular complexity index is 1690. The molecule has 38 heavy (non-hydrogen) atoms. The van der Waals surface area contributed by atoms with Gasteiger partial charge < -0.3 is 24.9 Å². The molecule has 3 N–H and O–H groups in total. The quantitative estimate of drug-likeness (QED) is 0.163. The lowest BCUT2D eigenvalue weighted by molar-refractivity contribution is -0.172. The van der Waals surface area contributed by atoms with Crippen molar-refractivity contribution in [1.29, 1.82) is 0 Å². The van der Waals surface area contributed by atoms with Gasteiger partial charge in [-0.05, 0) is 55.9 Å². The lowest BCUT2D eigenvalue weighted by atomic mass is 9.81. The number of rotatable bonds is 3. The van der Waals surface area contributed by atoms with Crippen LogP contribution < -0.4 is 10.9 Å². The number of hydrogen-bond donors (Lipinski definition) is 3. The smallest absolute Gasteiger partial charge is 0.343 e. The minimum Gasteiger partial charge on any atom is -0.458 e. The maximum absolute atomic E-state index is 14.9. The summed E-state index contributed by atoms with van der Waals surface area (Å²) in [5.41, 5.74) is 1.83. The van der Waals surface area contributed by atoms with E-state index in [2.05, 4.69) is 10.5 Å². The number of esters is 1. The van der Waals surface area contributed by atoms with Gasteiger partial charge in [0.05, 0.1) is 35.1 Å². The molecule has 1 aliphatic carbocycles. The predicted octanol–water partition coefficient (Wildman–Crippen LogP) is 2.48. The summed E-state index contributed by atoms with van der Waals surface area (Å²) < 4.78 is 21.6. The Morgan fingerprint density at radius 1 is 1.32 bits per heavy atom. The summed E-state index contributed by atoms with van der Waals surface area (Å²) in [5, 5.41) is 26.9. The summed E-state index contributed by atoms with van der Waals surface area (Å²) in [5.74, 6) is -1.77. The first kappa shape index (κ1) is 24.2. The maximum Gasteiger partial charge on any atom is 0.343 e. The van der Waals surface area contributed by atoms with Gasteiger partial charge in [0.25, 0.3) is 11.5 Å². The van der Waals surface area contributed by atoms with Crippen molar-refractivity contribution in [3.05, 3.63) is 61.7 Å². The van der Waals surface area contributed by atoms with Crippen LogP contribution in [0.2, 0.25) is 0 Å². The number of aromatic nitrogens is 2. The average Bonchev–Trinajstić information content (AvgIpc) is 3.28. The molecule has 2 atom stereocenters. The highest BCUT2D eigenvalue weighted by atomic mass is 19.1. The van der Waals surface area contributed by atoms with Crippen LogP contribution in [0.3, 0.4) is 0 Å². The second-order valence-corrected chi connectivity index (χ2v) is 10.1. The largest absolute Gasteiger partial charge is 0.458 e. The molecule has 0 saturated heterocycles. The fraction of sp³-hybridized carbons (Fsp3) is 0.370. The number of cyclic esters (lactones) is 1. The molecule has 0 spiro atoms. The molecular weight excluding hydrogens is 495 g/mol.